The Balaban J connectivity index is 1.27. The molecule has 5 rings (SSSR count). The number of fused-ring (bicyclic) bond motifs is 1. The van der Waals surface area contributed by atoms with Crippen LogP contribution in [0.4, 0.5) is 13.2 Å². The first-order chi connectivity index (χ1) is 18.6. The number of benzene rings is 1. The van der Waals surface area contributed by atoms with Crippen molar-refractivity contribution in [1.29, 1.82) is 0 Å². The lowest BCUT2D eigenvalue weighted by Crippen LogP contribution is -2.10. The van der Waals surface area contributed by atoms with Gasteiger partial charge in [0.25, 0.3) is 0 Å². The van der Waals surface area contributed by atoms with Crippen molar-refractivity contribution in [2.75, 3.05) is 0 Å². The number of hydrogen-bond donors (Lipinski definition) is 0. The van der Waals surface area contributed by atoms with Crippen LogP contribution >= 0.6 is 0 Å². The van der Waals surface area contributed by atoms with E-state index >= 15 is 0 Å². The summed E-state index contributed by atoms with van der Waals surface area (Å²) in [5, 5.41) is 8.16. The molecule has 0 N–H and O–H groups in total. The number of hydrogen-bond acceptors (Lipinski definition) is 8. The molecular weight excluding hydrogens is 513 g/mol. The minimum atomic E-state index is -4.51. The Bertz CT molecular complexity index is 1680. The number of nitrogens with zero attached hydrogens (tertiary/aromatic N) is 6. The molecule has 0 saturated carbocycles. The first-order valence-electron chi connectivity index (χ1n) is 11.9. The Hall–Kier alpha value is -4.74. The van der Waals surface area contributed by atoms with E-state index in [-0.39, 0.29) is 35.5 Å². The van der Waals surface area contributed by atoms with Gasteiger partial charge < -0.3 is 4.52 Å². The molecule has 198 valence electrons. The highest BCUT2D eigenvalue weighted by Gasteiger charge is 2.32. The van der Waals surface area contributed by atoms with Crippen molar-refractivity contribution >= 4 is 17.2 Å². The summed E-state index contributed by atoms with van der Waals surface area (Å²) in [6.07, 6.45) is 3.04. The number of carbonyl (C=O) groups is 2. The van der Waals surface area contributed by atoms with Gasteiger partial charge in [-0.1, -0.05) is 24.2 Å². The number of aromatic nitrogens is 6. The normalized spacial score (nSPS) is 12.5. The molecule has 0 radical (unpaired) electrons. The third-order valence-corrected chi connectivity index (χ3v) is 6.31. The van der Waals surface area contributed by atoms with E-state index in [2.05, 4.69) is 25.2 Å². The van der Waals surface area contributed by atoms with Gasteiger partial charge >= 0.3 is 6.18 Å². The van der Waals surface area contributed by atoms with Gasteiger partial charge in [-0.25, -0.2) is 19.5 Å². The summed E-state index contributed by atoms with van der Waals surface area (Å²) in [4.78, 5) is 38.2. The molecule has 12 heteroatoms. The molecule has 4 heterocycles. The number of rotatable bonds is 8. The van der Waals surface area contributed by atoms with Crippen LogP contribution < -0.4 is 0 Å². The van der Waals surface area contributed by atoms with E-state index in [9.17, 15) is 22.8 Å². The second kappa shape index (κ2) is 10.2. The van der Waals surface area contributed by atoms with E-state index in [1.807, 2.05) is 0 Å². The zero-order valence-corrected chi connectivity index (χ0v) is 20.8. The molecular formula is C27H21F3N6O3. The maximum absolute atomic E-state index is 13.2. The van der Waals surface area contributed by atoms with E-state index in [1.165, 1.54) is 42.2 Å². The van der Waals surface area contributed by atoms with Gasteiger partial charge in [0.2, 0.25) is 11.5 Å². The standard InChI is InChI=1S/C27H21F3N6O3/c1-15-3-4-17(8-20(15)27(28,29)30)9-24(38)25-10-22(35-39-25)16(2)7-23(37)19-12-34-36-13-18(11-32-26(19)36)21-5-6-31-14-33-21/h3-6,8,10-14,16H,7,9H2,1-2H3/t16-/m0/s1. The van der Waals surface area contributed by atoms with Crippen molar-refractivity contribution in [2.24, 2.45) is 0 Å². The number of ketones is 2. The third-order valence-electron chi connectivity index (χ3n) is 6.31. The molecule has 39 heavy (non-hydrogen) atoms. The van der Waals surface area contributed by atoms with Gasteiger partial charge in [0.15, 0.2) is 11.4 Å². The molecule has 1 aromatic carbocycles. The van der Waals surface area contributed by atoms with E-state index in [4.69, 9.17) is 4.52 Å². The van der Waals surface area contributed by atoms with Crippen LogP contribution in [-0.2, 0) is 12.6 Å². The van der Waals surface area contributed by atoms with Crippen molar-refractivity contribution in [2.45, 2.75) is 38.8 Å². The SMILES string of the molecule is Cc1ccc(CC(=O)c2cc([C@@H](C)CC(=O)c3cnn4cc(-c5ccncn5)cnc34)no2)cc1C(F)(F)F. The van der Waals surface area contributed by atoms with Crippen LogP contribution in [0.3, 0.4) is 0 Å². The van der Waals surface area contributed by atoms with Gasteiger partial charge in [-0.3, -0.25) is 9.59 Å². The van der Waals surface area contributed by atoms with Gasteiger partial charge in [0.1, 0.15) is 6.33 Å². The number of halogens is 3. The van der Waals surface area contributed by atoms with Crippen LogP contribution in [0.15, 0.2) is 66.0 Å². The third kappa shape index (κ3) is 5.44. The maximum atomic E-state index is 13.2. The molecule has 5 aromatic rings. The van der Waals surface area contributed by atoms with Gasteiger partial charge in [-0.05, 0) is 30.2 Å². The van der Waals surface area contributed by atoms with Crippen LogP contribution in [0, 0.1) is 6.92 Å². The number of alkyl halides is 3. The Morgan fingerprint density at radius 3 is 2.64 bits per heavy atom. The van der Waals surface area contributed by atoms with Crippen molar-refractivity contribution in [3.05, 3.63) is 95.2 Å². The van der Waals surface area contributed by atoms with Gasteiger partial charge in [-0.15, -0.1) is 0 Å². The van der Waals surface area contributed by atoms with Crippen molar-refractivity contribution in [3.63, 3.8) is 0 Å². The summed E-state index contributed by atoms with van der Waals surface area (Å²) in [6.45, 7) is 3.12. The lowest BCUT2D eigenvalue weighted by atomic mass is 9.97. The first kappa shape index (κ1) is 25.9. The average molecular weight is 534 g/mol. The van der Waals surface area contributed by atoms with Gasteiger partial charge in [0, 0.05) is 49.0 Å². The summed E-state index contributed by atoms with van der Waals surface area (Å²) < 4.78 is 46.3. The molecule has 9 nitrogen and oxygen atoms in total. The molecule has 0 amide bonds. The molecule has 0 aliphatic rings. The van der Waals surface area contributed by atoms with Crippen molar-refractivity contribution in [3.8, 4) is 11.3 Å². The second-order valence-corrected chi connectivity index (χ2v) is 9.16. The predicted molar refractivity (Wildman–Crippen MR) is 132 cm³/mol. The van der Waals surface area contributed by atoms with Crippen LogP contribution in [0.1, 0.15) is 62.6 Å². The van der Waals surface area contributed by atoms with Crippen LogP contribution in [-0.4, -0.2) is 41.3 Å². The zero-order chi connectivity index (χ0) is 27.7. The maximum Gasteiger partial charge on any atom is 0.416 e. The van der Waals surface area contributed by atoms with E-state index < -0.39 is 23.4 Å². The first-order valence-corrected chi connectivity index (χ1v) is 11.9. The molecule has 0 aliphatic carbocycles. The fourth-order valence-corrected chi connectivity index (χ4v) is 4.17. The predicted octanol–water partition coefficient (Wildman–Crippen LogP) is 5.30. The van der Waals surface area contributed by atoms with E-state index in [0.717, 1.165) is 6.07 Å². The van der Waals surface area contributed by atoms with Gasteiger partial charge in [0.05, 0.1) is 28.7 Å². The molecule has 0 unspecified atom stereocenters. The summed E-state index contributed by atoms with van der Waals surface area (Å²) in [7, 11) is 0. The molecule has 0 spiro atoms. The summed E-state index contributed by atoms with van der Waals surface area (Å²) in [5.41, 5.74) is 1.96. The fraction of sp³-hybridized carbons (Fsp3) is 0.222. The van der Waals surface area contributed by atoms with Crippen LogP contribution in [0.5, 0.6) is 0 Å². The van der Waals surface area contributed by atoms with Crippen molar-refractivity contribution < 1.29 is 27.3 Å². The number of Topliss-reactive ketones (excluding diaryl/α,β-unsaturated/α-hetero) is 2. The summed E-state index contributed by atoms with van der Waals surface area (Å²) >= 11 is 0. The highest BCUT2D eigenvalue weighted by molar-refractivity contribution is 6.01. The molecule has 0 aliphatic heterocycles. The minimum absolute atomic E-state index is 0.0454. The lowest BCUT2D eigenvalue weighted by Gasteiger charge is -2.11. The number of carbonyl (C=O) groups excluding carboxylic acids is 2. The molecule has 4 aromatic heterocycles. The Kier molecular flexibility index (Phi) is 6.77. The quantitative estimate of drug-likeness (QED) is 0.246. The summed E-state index contributed by atoms with van der Waals surface area (Å²) in [5.74, 6) is -1.24. The van der Waals surface area contributed by atoms with E-state index in [1.54, 1.807) is 31.6 Å². The molecule has 0 saturated heterocycles. The number of aryl methyl sites for hydroxylation is 1. The second-order valence-electron chi connectivity index (χ2n) is 9.16. The largest absolute Gasteiger partial charge is 0.416 e. The van der Waals surface area contributed by atoms with Crippen molar-refractivity contribution in [1.82, 2.24) is 29.7 Å². The van der Waals surface area contributed by atoms with E-state index in [0.29, 0.717) is 28.2 Å². The minimum Gasteiger partial charge on any atom is -0.353 e. The highest BCUT2D eigenvalue weighted by Crippen LogP contribution is 2.32. The Morgan fingerprint density at radius 1 is 1.08 bits per heavy atom. The molecule has 0 bridgehead atoms. The summed E-state index contributed by atoms with van der Waals surface area (Å²) in [6, 6.07) is 6.92. The van der Waals surface area contributed by atoms with Crippen LogP contribution in [0.25, 0.3) is 16.9 Å². The zero-order valence-electron chi connectivity index (χ0n) is 20.8. The fourth-order valence-electron chi connectivity index (χ4n) is 4.17. The smallest absolute Gasteiger partial charge is 0.353 e. The molecule has 1 atom stereocenters. The molecule has 0 fully saturated rings. The van der Waals surface area contributed by atoms with Crippen LogP contribution in [0.2, 0.25) is 0 Å². The lowest BCUT2D eigenvalue weighted by molar-refractivity contribution is -0.138. The monoisotopic (exact) mass is 534 g/mol. The topological polar surface area (TPSA) is 116 Å². The van der Waals surface area contributed by atoms with Gasteiger partial charge in [-0.2, -0.15) is 18.3 Å². The Morgan fingerprint density at radius 2 is 1.90 bits per heavy atom. The average Bonchev–Trinajstić information content (AvgIpc) is 3.57. The Labute approximate surface area is 219 Å². The highest BCUT2D eigenvalue weighted by atomic mass is 19.4.